The third kappa shape index (κ3) is 12.8. The first-order valence-corrected chi connectivity index (χ1v) is 6.31. The molecule has 0 unspecified atom stereocenters. The second kappa shape index (κ2) is 11.4. The predicted molar refractivity (Wildman–Crippen MR) is 66.4 cm³/mol. The first-order chi connectivity index (χ1) is 8.16. The summed E-state index contributed by atoms with van der Waals surface area (Å²) in [5, 5.41) is 2.60. The molecule has 5 heteroatoms. The number of ether oxygens (including phenoxy) is 1. The Morgan fingerprint density at radius 1 is 1.06 bits per heavy atom. The molecular weight excluding hydrogens is 220 g/mol. The average Bonchev–Trinajstić information content (AvgIpc) is 2.27. The van der Waals surface area contributed by atoms with Crippen LogP contribution in [0.5, 0.6) is 0 Å². The van der Waals surface area contributed by atoms with Gasteiger partial charge in [0, 0.05) is 0 Å². The summed E-state index contributed by atoms with van der Waals surface area (Å²) in [5.74, 6) is -0.812. The lowest BCUT2D eigenvalue weighted by Gasteiger charge is -2.05. The van der Waals surface area contributed by atoms with Gasteiger partial charge in [-0.05, 0) is 6.42 Å². The maximum absolute atomic E-state index is 11.1. The molecule has 0 aliphatic rings. The van der Waals surface area contributed by atoms with Crippen LogP contribution in [0.15, 0.2) is 0 Å². The van der Waals surface area contributed by atoms with Crippen molar-refractivity contribution < 1.29 is 14.3 Å². The topological polar surface area (TPSA) is 81.4 Å². The van der Waals surface area contributed by atoms with Crippen LogP contribution in [0.4, 0.5) is 0 Å². The Hall–Kier alpha value is -1.10. The van der Waals surface area contributed by atoms with Crippen LogP contribution >= 0.6 is 0 Å². The van der Waals surface area contributed by atoms with E-state index in [-0.39, 0.29) is 19.1 Å². The molecule has 0 radical (unpaired) electrons. The molecule has 0 spiro atoms. The molecule has 1 amide bonds. The lowest BCUT2D eigenvalue weighted by Crippen LogP contribution is -2.33. The van der Waals surface area contributed by atoms with Gasteiger partial charge in [-0.25, -0.2) is 0 Å². The van der Waals surface area contributed by atoms with Crippen LogP contribution in [0, 0.1) is 0 Å². The second-order valence-corrected chi connectivity index (χ2v) is 4.06. The largest absolute Gasteiger partial charge is 0.465 e. The summed E-state index contributed by atoms with van der Waals surface area (Å²) in [4.78, 5) is 21.5. The Labute approximate surface area is 103 Å². The number of esters is 1. The SMILES string of the molecule is CCCCCCCCOC(=O)CNCC(N)=O. The third-order valence-electron chi connectivity index (χ3n) is 2.33. The van der Waals surface area contributed by atoms with E-state index >= 15 is 0 Å². The van der Waals surface area contributed by atoms with Gasteiger partial charge in [-0.1, -0.05) is 39.0 Å². The van der Waals surface area contributed by atoms with E-state index in [2.05, 4.69) is 12.2 Å². The number of nitrogens with one attached hydrogen (secondary N) is 1. The van der Waals surface area contributed by atoms with Crippen LogP contribution in [-0.4, -0.2) is 31.6 Å². The fourth-order valence-electron chi connectivity index (χ4n) is 1.41. The summed E-state index contributed by atoms with van der Waals surface area (Å²) in [6.07, 6.45) is 6.97. The van der Waals surface area contributed by atoms with Gasteiger partial charge in [0.15, 0.2) is 0 Å². The van der Waals surface area contributed by atoms with E-state index in [0.29, 0.717) is 6.61 Å². The highest BCUT2D eigenvalue weighted by Gasteiger charge is 2.02. The molecule has 100 valence electrons. The van der Waals surface area contributed by atoms with Gasteiger partial charge >= 0.3 is 5.97 Å². The van der Waals surface area contributed by atoms with E-state index in [4.69, 9.17) is 10.5 Å². The summed E-state index contributed by atoms with van der Waals surface area (Å²) in [6, 6.07) is 0. The van der Waals surface area contributed by atoms with Crippen LogP contribution < -0.4 is 11.1 Å². The van der Waals surface area contributed by atoms with Crippen molar-refractivity contribution in [2.24, 2.45) is 5.73 Å². The summed E-state index contributed by atoms with van der Waals surface area (Å²) in [6.45, 7) is 2.69. The molecular formula is C12H24N2O3. The molecule has 0 rings (SSSR count). The molecule has 0 aromatic carbocycles. The molecule has 3 N–H and O–H groups in total. The summed E-state index contributed by atoms with van der Waals surface area (Å²) >= 11 is 0. The van der Waals surface area contributed by atoms with E-state index in [1.54, 1.807) is 0 Å². The number of nitrogens with two attached hydrogens (primary N) is 1. The minimum atomic E-state index is -0.478. The Morgan fingerprint density at radius 2 is 1.71 bits per heavy atom. The highest BCUT2D eigenvalue weighted by Crippen LogP contribution is 2.04. The van der Waals surface area contributed by atoms with Gasteiger partial charge in [0.2, 0.25) is 5.91 Å². The molecule has 0 saturated carbocycles. The number of hydrogen-bond acceptors (Lipinski definition) is 4. The van der Waals surface area contributed by atoms with Crippen LogP contribution in [0.1, 0.15) is 45.4 Å². The zero-order valence-electron chi connectivity index (χ0n) is 10.7. The van der Waals surface area contributed by atoms with Crippen molar-refractivity contribution in [3.05, 3.63) is 0 Å². The normalized spacial score (nSPS) is 10.2. The van der Waals surface area contributed by atoms with Crippen LogP contribution in [0.25, 0.3) is 0 Å². The Morgan fingerprint density at radius 3 is 2.35 bits per heavy atom. The molecule has 0 bridgehead atoms. The van der Waals surface area contributed by atoms with E-state index in [1.165, 1.54) is 25.7 Å². The predicted octanol–water partition coefficient (Wildman–Crippen LogP) is 0.965. The van der Waals surface area contributed by atoms with Crippen molar-refractivity contribution in [3.8, 4) is 0 Å². The number of hydrogen-bond donors (Lipinski definition) is 2. The lowest BCUT2D eigenvalue weighted by atomic mass is 10.1. The maximum Gasteiger partial charge on any atom is 0.319 e. The quantitative estimate of drug-likeness (QED) is 0.419. The molecule has 17 heavy (non-hydrogen) atoms. The number of carbonyl (C=O) groups is 2. The van der Waals surface area contributed by atoms with Crippen molar-refractivity contribution in [2.45, 2.75) is 45.4 Å². The fourth-order valence-corrected chi connectivity index (χ4v) is 1.41. The summed E-state index contributed by atoms with van der Waals surface area (Å²) in [5.41, 5.74) is 4.90. The van der Waals surface area contributed by atoms with E-state index in [0.717, 1.165) is 12.8 Å². The molecule has 0 saturated heterocycles. The highest BCUT2D eigenvalue weighted by atomic mass is 16.5. The number of unbranched alkanes of at least 4 members (excludes halogenated alkanes) is 5. The van der Waals surface area contributed by atoms with Crippen molar-refractivity contribution in [1.82, 2.24) is 5.32 Å². The van der Waals surface area contributed by atoms with Crippen molar-refractivity contribution in [1.29, 1.82) is 0 Å². The summed E-state index contributed by atoms with van der Waals surface area (Å²) in [7, 11) is 0. The van der Waals surface area contributed by atoms with Crippen molar-refractivity contribution in [3.63, 3.8) is 0 Å². The zero-order chi connectivity index (χ0) is 12.9. The minimum absolute atomic E-state index is 0.00607. The smallest absolute Gasteiger partial charge is 0.319 e. The van der Waals surface area contributed by atoms with Crippen LogP contribution in [0.2, 0.25) is 0 Å². The molecule has 0 aliphatic heterocycles. The van der Waals surface area contributed by atoms with Crippen molar-refractivity contribution >= 4 is 11.9 Å². The first-order valence-electron chi connectivity index (χ1n) is 6.31. The minimum Gasteiger partial charge on any atom is -0.465 e. The van der Waals surface area contributed by atoms with E-state index < -0.39 is 5.91 Å². The van der Waals surface area contributed by atoms with Gasteiger partial charge in [0.1, 0.15) is 0 Å². The first kappa shape index (κ1) is 15.9. The third-order valence-corrected chi connectivity index (χ3v) is 2.33. The Balaban J connectivity index is 3.19. The van der Waals surface area contributed by atoms with Gasteiger partial charge in [-0.3, -0.25) is 14.9 Å². The Kier molecular flexibility index (Phi) is 10.7. The van der Waals surface area contributed by atoms with Crippen LogP contribution in [0.3, 0.4) is 0 Å². The standard InChI is InChI=1S/C12H24N2O3/c1-2-3-4-5-6-7-8-17-12(16)10-14-9-11(13)15/h14H,2-10H2,1H3,(H2,13,15). The second-order valence-electron chi connectivity index (χ2n) is 4.06. The van der Waals surface area contributed by atoms with Gasteiger partial charge in [-0.15, -0.1) is 0 Å². The molecule has 0 fully saturated rings. The monoisotopic (exact) mass is 244 g/mol. The number of amides is 1. The molecule has 0 heterocycles. The van der Waals surface area contributed by atoms with Gasteiger partial charge in [-0.2, -0.15) is 0 Å². The van der Waals surface area contributed by atoms with Gasteiger partial charge < -0.3 is 10.5 Å². The molecule has 0 aromatic rings. The Bertz CT molecular complexity index is 220. The van der Waals surface area contributed by atoms with Gasteiger partial charge in [0.25, 0.3) is 0 Å². The molecule has 0 atom stereocenters. The van der Waals surface area contributed by atoms with Crippen LogP contribution in [-0.2, 0) is 14.3 Å². The molecule has 0 aromatic heterocycles. The number of primary amides is 1. The zero-order valence-corrected chi connectivity index (χ0v) is 10.7. The van der Waals surface area contributed by atoms with E-state index in [9.17, 15) is 9.59 Å². The van der Waals surface area contributed by atoms with Crippen molar-refractivity contribution in [2.75, 3.05) is 19.7 Å². The molecule has 5 nitrogen and oxygen atoms in total. The number of rotatable bonds is 11. The maximum atomic E-state index is 11.1. The van der Waals surface area contributed by atoms with Gasteiger partial charge in [0.05, 0.1) is 19.7 Å². The summed E-state index contributed by atoms with van der Waals surface area (Å²) < 4.78 is 4.98. The average molecular weight is 244 g/mol. The molecule has 0 aliphatic carbocycles. The highest BCUT2D eigenvalue weighted by molar-refractivity contribution is 5.77. The lowest BCUT2D eigenvalue weighted by molar-refractivity contribution is -0.142. The number of carbonyl (C=O) groups excluding carboxylic acids is 2. The van der Waals surface area contributed by atoms with E-state index in [1.807, 2.05) is 0 Å². The fraction of sp³-hybridized carbons (Fsp3) is 0.833.